The number of rotatable bonds is 5. The molecule has 0 saturated carbocycles. The molecule has 0 aliphatic carbocycles. The van der Waals surface area contributed by atoms with Crippen LogP contribution in [0, 0.1) is 13.8 Å². The number of aryl methyl sites for hydroxylation is 2. The predicted molar refractivity (Wildman–Crippen MR) is 78.5 cm³/mol. The molecule has 0 fully saturated rings. The van der Waals surface area contributed by atoms with Gasteiger partial charge in [0.2, 0.25) is 5.91 Å². The highest BCUT2D eigenvalue weighted by atomic mass is 32.2. The molecule has 21 heavy (non-hydrogen) atoms. The van der Waals surface area contributed by atoms with Crippen molar-refractivity contribution >= 4 is 15.7 Å². The lowest BCUT2D eigenvalue weighted by molar-refractivity contribution is -0.118. The molecule has 1 aromatic carbocycles. The lowest BCUT2D eigenvalue weighted by Gasteiger charge is -2.06. The highest BCUT2D eigenvalue weighted by Gasteiger charge is 2.22. The molecule has 0 bridgehead atoms. The van der Waals surface area contributed by atoms with E-state index in [0.29, 0.717) is 12.3 Å². The van der Waals surface area contributed by atoms with E-state index in [1.807, 2.05) is 31.2 Å². The van der Waals surface area contributed by atoms with Crippen LogP contribution in [0.5, 0.6) is 0 Å². The average Bonchev–Trinajstić information content (AvgIpc) is 2.83. The molecule has 0 atom stereocenters. The summed E-state index contributed by atoms with van der Waals surface area (Å²) in [7, 11) is -3.67. The van der Waals surface area contributed by atoms with Gasteiger partial charge >= 0.3 is 0 Å². The van der Waals surface area contributed by atoms with Crippen LogP contribution in [-0.4, -0.2) is 20.1 Å². The molecular weight excluding hydrogens is 290 g/mol. The van der Waals surface area contributed by atoms with Crippen LogP contribution in [-0.2, 0) is 21.2 Å². The van der Waals surface area contributed by atoms with Crippen LogP contribution >= 0.6 is 0 Å². The number of benzene rings is 1. The van der Waals surface area contributed by atoms with Gasteiger partial charge in [-0.1, -0.05) is 29.8 Å². The Labute approximate surface area is 123 Å². The van der Waals surface area contributed by atoms with E-state index in [-0.39, 0.29) is 4.90 Å². The van der Waals surface area contributed by atoms with Gasteiger partial charge in [-0.3, -0.25) is 4.79 Å². The van der Waals surface area contributed by atoms with E-state index >= 15 is 0 Å². The van der Waals surface area contributed by atoms with Crippen molar-refractivity contribution in [3.8, 4) is 0 Å². The number of carbonyl (C=O) groups excluding carboxylic acids is 1. The number of nitrogens with one attached hydrogen (secondary N) is 1. The van der Waals surface area contributed by atoms with Crippen LogP contribution < -0.4 is 5.32 Å². The Balaban J connectivity index is 1.98. The van der Waals surface area contributed by atoms with Crippen molar-refractivity contribution in [1.29, 1.82) is 0 Å². The second kappa shape index (κ2) is 6.13. The van der Waals surface area contributed by atoms with E-state index in [1.54, 1.807) is 6.92 Å². The predicted octanol–water partition coefficient (Wildman–Crippen LogP) is 1.99. The van der Waals surface area contributed by atoms with Crippen molar-refractivity contribution in [2.45, 2.75) is 25.3 Å². The van der Waals surface area contributed by atoms with Crippen LogP contribution in [0.4, 0.5) is 0 Å². The van der Waals surface area contributed by atoms with E-state index in [1.165, 1.54) is 12.3 Å². The topological polar surface area (TPSA) is 76.4 Å². The summed E-state index contributed by atoms with van der Waals surface area (Å²) in [5, 5.41) is 2.61. The minimum Gasteiger partial charge on any atom is -0.468 e. The van der Waals surface area contributed by atoms with Gasteiger partial charge in [0.25, 0.3) is 0 Å². The molecule has 2 rings (SSSR count). The fraction of sp³-hybridized carbons (Fsp3) is 0.267. The van der Waals surface area contributed by atoms with Gasteiger partial charge < -0.3 is 9.73 Å². The van der Waals surface area contributed by atoms with E-state index < -0.39 is 21.5 Å². The van der Waals surface area contributed by atoms with Crippen LogP contribution in [0.15, 0.2) is 45.9 Å². The van der Waals surface area contributed by atoms with E-state index in [0.717, 1.165) is 11.1 Å². The third kappa shape index (κ3) is 3.95. The largest absolute Gasteiger partial charge is 0.468 e. The van der Waals surface area contributed by atoms with Crippen molar-refractivity contribution in [2.75, 3.05) is 5.75 Å². The summed E-state index contributed by atoms with van der Waals surface area (Å²) in [6.07, 6.45) is 1.30. The molecule has 1 amide bonds. The fourth-order valence-corrected chi connectivity index (χ4v) is 3.37. The maximum absolute atomic E-state index is 12.1. The molecule has 5 nitrogen and oxygen atoms in total. The summed E-state index contributed by atoms with van der Waals surface area (Å²) < 4.78 is 29.1. The molecule has 6 heteroatoms. The quantitative estimate of drug-likeness (QED) is 0.916. The van der Waals surface area contributed by atoms with Crippen molar-refractivity contribution in [3.63, 3.8) is 0 Å². The van der Waals surface area contributed by atoms with E-state index in [2.05, 4.69) is 5.32 Å². The first-order valence-electron chi connectivity index (χ1n) is 6.47. The Morgan fingerprint density at radius 1 is 1.24 bits per heavy atom. The molecule has 0 unspecified atom stereocenters. The number of carbonyl (C=O) groups is 1. The van der Waals surface area contributed by atoms with Crippen LogP contribution in [0.3, 0.4) is 0 Å². The monoisotopic (exact) mass is 307 g/mol. The molecular formula is C15H17NO4S. The SMILES string of the molecule is Cc1cccc(CNC(=O)CS(=O)(=O)c2ccoc2C)c1. The smallest absolute Gasteiger partial charge is 0.235 e. The zero-order valence-electron chi connectivity index (χ0n) is 11.9. The van der Waals surface area contributed by atoms with E-state index in [9.17, 15) is 13.2 Å². The molecule has 0 radical (unpaired) electrons. The first kappa shape index (κ1) is 15.3. The van der Waals surface area contributed by atoms with Gasteiger partial charge in [-0.05, 0) is 25.5 Å². The molecule has 1 heterocycles. The van der Waals surface area contributed by atoms with Crippen molar-refractivity contribution in [2.24, 2.45) is 0 Å². The van der Waals surface area contributed by atoms with E-state index in [4.69, 9.17) is 4.42 Å². The van der Waals surface area contributed by atoms with Crippen molar-refractivity contribution in [3.05, 3.63) is 53.5 Å². The Kier molecular flexibility index (Phi) is 4.47. The van der Waals surface area contributed by atoms with Gasteiger partial charge in [-0.15, -0.1) is 0 Å². The maximum atomic E-state index is 12.1. The molecule has 0 spiro atoms. The van der Waals surface area contributed by atoms with Crippen LogP contribution in [0.1, 0.15) is 16.9 Å². The highest BCUT2D eigenvalue weighted by molar-refractivity contribution is 7.92. The second-order valence-electron chi connectivity index (χ2n) is 4.87. The Morgan fingerprint density at radius 3 is 2.62 bits per heavy atom. The molecule has 0 aliphatic rings. The van der Waals surface area contributed by atoms with Gasteiger partial charge in [-0.2, -0.15) is 0 Å². The minimum atomic E-state index is -3.67. The minimum absolute atomic E-state index is 0.0632. The van der Waals surface area contributed by atoms with Crippen molar-refractivity contribution < 1.29 is 17.6 Å². The number of amides is 1. The third-order valence-electron chi connectivity index (χ3n) is 3.04. The molecule has 1 aromatic heterocycles. The summed E-state index contributed by atoms with van der Waals surface area (Å²) >= 11 is 0. The summed E-state index contributed by atoms with van der Waals surface area (Å²) in [6, 6.07) is 9.02. The van der Waals surface area contributed by atoms with Crippen molar-refractivity contribution in [1.82, 2.24) is 5.32 Å². The second-order valence-corrected chi connectivity index (χ2v) is 6.82. The van der Waals surface area contributed by atoms with Gasteiger partial charge in [0.05, 0.1) is 6.26 Å². The summed E-state index contributed by atoms with van der Waals surface area (Å²) in [4.78, 5) is 11.9. The number of hydrogen-bond donors (Lipinski definition) is 1. The number of hydrogen-bond acceptors (Lipinski definition) is 4. The highest BCUT2D eigenvalue weighted by Crippen LogP contribution is 2.17. The third-order valence-corrected chi connectivity index (χ3v) is 4.78. The number of sulfone groups is 1. The van der Waals surface area contributed by atoms with Crippen LogP contribution in [0.25, 0.3) is 0 Å². The molecule has 0 aliphatic heterocycles. The zero-order valence-corrected chi connectivity index (χ0v) is 12.7. The zero-order chi connectivity index (χ0) is 15.5. The standard InChI is InChI=1S/C15H17NO4S/c1-11-4-3-5-13(8-11)9-16-15(17)10-21(18,19)14-6-7-20-12(14)2/h3-8H,9-10H2,1-2H3,(H,16,17). The Hall–Kier alpha value is -2.08. The van der Waals surface area contributed by atoms with Gasteiger partial charge in [0, 0.05) is 6.54 Å². The Bertz CT molecular complexity index is 747. The summed E-state index contributed by atoms with van der Waals surface area (Å²) in [5.41, 5.74) is 2.02. The number of furan rings is 1. The lowest BCUT2D eigenvalue weighted by atomic mass is 10.1. The molecule has 2 aromatic rings. The van der Waals surface area contributed by atoms with Gasteiger partial charge in [-0.25, -0.2) is 8.42 Å². The van der Waals surface area contributed by atoms with Gasteiger partial charge in [0.15, 0.2) is 9.84 Å². The Morgan fingerprint density at radius 2 is 2.00 bits per heavy atom. The normalized spacial score (nSPS) is 11.3. The molecule has 1 N–H and O–H groups in total. The summed E-state index contributed by atoms with van der Waals surface area (Å²) in [5.74, 6) is -0.822. The molecule has 112 valence electrons. The van der Waals surface area contributed by atoms with Gasteiger partial charge in [0.1, 0.15) is 16.4 Å². The molecule has 0 saturated heterocycles. The maximum Gasteiger partial charge on any atom is 0.235 e. The average molecular weight is 307 g/mol. The lowest BCUT2D eigenvalue weighted by Crippen LogP contribution is -2.30. The van der Waals surface area contributed by atoms with Crippen LogP contribution in [0.2, 0.25) is 0 Å². The summed E-state index contributed by atoms with van der Waals surface area (Å²) in [6.45, 7) is 3.81. The first-order valence-corrected chi connectivity index (χ1v) is 8.13. The fourth-order valence-electron chi connectivity index (χ4n) is 2.02. The first-order chi connectivity index (χ1) is 9.88.